The van der Waals surface area contributed by atoms with Crippen LogP contribution in [0.5, 0.6) is 0 Å². The molecule has 0 saturated heterocycles. The molecule has 5 nitrogen and oxygen atoms in total. The van der Waals surface area contributed by atoms with Crippen molar-refractivity contribution in [1.82, 2.24) is 14.6 Å². The summed E-state index contributed by atoms with van der Waals surface area (Å²) in [6.07, 6.45) is 2.97. The largest absolute Gasteiger partial charge is 0.378 e. The molecule has 0 spiro atoms. The third kappa shape index (κ3) is 3.16. The Morgan fingerprint density at radius 1 is 1.24 bits per heavy atom. The number of benzene rings is 1. The number of ketones is 1. The van der Waals surface area contributed by atoms with Gasteiger partial charge in [0.25, 0.3) is 0 Å². The predicted molar refractivity (Wildman–Crippen MR) is 109 cm³/mol. The van der Waals surface area contributed by atoms with Gasteiger partial charge in [-0.05, 0) is 35.6 Å². The number of ether oxygens (including phenoxy) is 1. The zero-order valence-electron chi connectivity index (χ0n) is 15.8. The Morgan fingerprint density at radius 2 is 2.07 bits per heavy atom. The van der Waals surface area contributed by atoms with Gasteiger partial charge >= 0.3 is 0 Å². The van der Waals surface area contributed by atoms with Gasteiger partial charge in [0.1, 0.15) is 5.82 Å². The summed E-state index contributed by atoms with van der Waals surface area (Å²) in [7, 11) is 1.60. The molecule has 7 heteroatoms. The van der Waals surface area contributed by atoms with Crippen molar-refractivity contribution in [2.24, 2.45) is 0 Å². The van der Waals surface area contributed by atoms with E-state index in [4.69, 9.17) is 9.72 Å². The third-order valence-electron chi connectivity index (χ3n) is 5.29. The van der Waals surface area contributed by atoms with Gasteiger partial charge in [-0.25, -0.2) is 13.9 Å². The van der Waals surface area contributed by atoms with Crippen LogP contribution < -0.4 is 0 Å². The molecule has 1 aromatic carbocycles. The lowest BCUT2D eigenvalue weighted by atomic mass is 9.85. The zero-order valence-corrected chi connectivity index (χ0v) is 16.6. The number of carbonyl (C=O) groups excluding carboxylic acids is 1. The van der Waals surface area contributed by atoms with E-state index in [1.165, 1.54) is 17.0 Å². The number of thiophene rings is 1. The highest BCUT2D eigenvalue weighted by atomic mass is 32.1. The van der Waals surface area contributed by atoms with Crippen molar-refractivity contribution in [3.63, 3.8) is 0 Å². The van der Waals surface area contributed by atoms with Crippen molar-refractivity contribution in [2.75, 3.05) is 7.11 Å². The lowest BCUT2D eigenvalue weighted by Gasteiger charge is -2.22. The number of halogens is 1. The Labute approximate surface area is 170 Å². The quantitative estimate of drug-likeness (QED) is 0.494. The molecule has 0 N–H and O–H groups in total. The minimum Gasteiger partial charge on any atom is -0.378 e. The van der Waals surface area contributed by atoms with Gasteiger partial charge < -0.3 is 4.74 Å². The van der Waals surface area contributed by atoms with E-state index in [-0.39, 0.29) is 17.5 Å². The fourth-order valence-corrected chi connectivity index (χ4v) is 4.79. The maximum atomic E-state index is 13.4. The second-order valence-electron chi connectivity index (χ2n) is 7.17. The molecule has 146 valence electrons. The standard InChI is InChI=1S/C22H18FN3O2S/c1-28-12-18-21(13-4-6-15(23)7-5-13)22-24-17-9-14(20-3-2-8-29-20)10-19(27)16(17)11-26(22)25-18/h2-8,11,14H,9-10,12H2,1H3. The Balaban J connectivity index is 1.67. The number of fused-ring (bicyclic) bond motifs is 2. The number of hydrogen-bond donors (Lipinski definition) is 0. The number of nitrogens with zero attached hydrogens (tertiary/aromatic N) is 3. The molecule has 0 radical (unpaired) electrons. The van der Waals surface area contributed by atoms with E-state index in [1.54, 1.807) is 41.3 Å². The molecule has 29 heavy (non-hydrogen) atoms. The molecule has 1 aliphatic rings. The fourth-order valence-electron chi connectivity index (χ4n) is 3.96. The van der Waals surface area contributed by atoms with E-state index >= 15 is 0 Å². The van der Waals surface area contributed by atoms with Gasteiger partial charge in [-0.1, -0.05) is 18.2 Å². The molecule has 0 bridgehead atoms. The summed E-state index contributed by atoms with van der Waals surface area (Å²) < 4.78 is 20.4. The van der Waals surface area contributed by atoms with Crippen LogP contribution in [0.25, 0.3) is 16.8 Å². The summed E-state index contributed by atoms with van der Waals surface area (Å²) in [5, 5.41) is 6.63. The minimum absolute atomic E-state index is 0.0890. The van der Waals surface area contributed by atoms with Gasteiger partial charge in [0.2, 0.25) is 0 Å². The highest BCUT2D eigenvalue weighted by Crippen LogP contribution is 2.36. The molecule has 5 rings (SSSR count). The lowest BCUT2D eigenvalue weighted by Crippen LogP contribution is -2.20. The van der Waals surface area contributed by atoms with Crippen LogP contribution in [0.1, 0.15) is 39.0 Å². The average molecular weight is 407 g/mol. The predicted octanol–water partition coefficient (Wildman–Crippen LogP) is 4.66. The molecule has 0 aliphatic heterocycles. The van der Waals surface area contributed by atoms with Crippen LogP contribution in [0.2, 0.25) is 0 Å². The summed E-state index contributed by atoms with van der Waals surface area (Å²) in [5.74, 6) is -0.0556. The average Bonchev–Trinajstić information content (AvgIpc) is 3.36. The summed E-state index contributed by atoms with van der Waals surface area (Å²) in [4.78, 5) is 18.9. The number of aromatic nitrogens is 3. The Bertz CT molecular complexity index is 1200. The van der Waals surface area contributed by atoms with E-state index in [1.807, 2.05) is 11.4 Å². The topological polar surface area (TPSA) is 56.5 Å². The Morgan fingerprint density at radius 3 is 2.79 bits per heavy atom. The van der Waals surface area contributed by atoms with Crippen LogP contribution in [0.15, 0.2) is 48.0 Å². The molecule has 0 amide bonds. The number of rotatable bonds is 4. The van der Waals surface area contributed by atoms with Crippen LogP contribution in [0.4, 0.5) is 4.39 Å². The van der Waals surface area contributed by atoms with Gasteiger partial charge in [-0.3, -0.25) is 4.79 Å². The minimum atomic E-state index is -0.298. The highest BCUT2D eigenvalue weighted by Gasteiger charge is 2.30. The van der Waals surface area contributed by atoms with Crippen molar-refractivity contribution < 1.29 is 13.9 Å². The first-order chi connectivity index (χ1) is 14.1. The molecule has 1 aliphatic carbocycles. The van der Waals surface area contributed by atoms with Crippen LogP contribution in [0, 0.1) is 5.82 Å². The van der Waals surface area contributed by atoms with Gasteiger partial charge in [0.05, 0.1) is 29.1 Å². The second-order valence-corrected chi connectivity index (χ2v) is 8.15. The molecule has 1 unspecified atom stereocenters. The van der Waals surface area contributed by atoms with Gasteiger partial charge in [-0.15, -0.1) is 11.3 Å². The molecular formula is C22H18FN3O2S. The van der Waals surface area contributed by atoms with Gasteiger partial charge in [-0.2, -0.15) is 5.10 Å². The fraction of sp³-hybridized carbons (Fsp3) is 0.227. The van der Waals surface area contributed by atoms with E-state index in [0.717, 1.165) is 16.8 Å². The molecule has 0 saturated carbocycles. The third-order valence-corrected chi connectivity index (χ3v) is 6.33. The van der Waals surface area contributed by atoms with E-state index < -0.39 is 0 Å². The maximum absolute atomic E-state index is 13.4. The van der Waals surface area contributed by atoms with E-state index in [2.05, 4.69) is 11.2 Å². The molecule has 1 atom stereocenters. The van der Waals surface area contributed by atoms with Crippen molar-refractivity contribution >= 4 is 22.8 Å². The number of hydrogen-bond acceptors (Lipinski definition) is 5. The number of carbonyl (C=O) groups is 1. The molecule has 4 aromatic rings. The molecular weight excluding hydrogens is 389 g/mol. The number of methoxy groups -OCH3 is 1. The van der Waals surface area contributed by atoms with E-state index in [9.17, 15) is 9.18 Å². The van der Waals surface area contributed by atoms with E-state index in [0.29, 0.717) is 36.4 Å². The normalized spacial score (nSPS) is 16.3. The Kier molecular flexibility index (Phi) is 4.49. The summed E-state index contributed by atoms with van der Waals surface area (Å²) in [6, 6.07) is 10.4. The van der Waals surface area contributed by atoms with Crippen LogP contribution >= 0.6 is 11.3 Å². The first-order valence-corrected chi connectivity index (χ1v) is 10.2. The maximum Gasteiger partial charge on any atom is 0.166 e. The van der Waals surface area contributed by atoms with Crippen LogP contribution in [0.3, 0.4) is 0 Å². The van der Waals surface area contributed by atoms with Crippen molar-refractivity contribution in [1.29, 1.82) is 0 Å². The van der Waals surface area contributed by atoms with Gasteiger partial charge in [0, 0.05) is 30.5 Å². The Hall–Kier alpha value is -2.90. The van der Waals surface area contributed by atoms with Crippen molar-refractivity contribution in [3.8, 4) is 11.1 Å². The molecule has 3 heterocycles. The lowest BCUT2D eigenvalue weighted by molar-refractivity contribution is 0.0963. The summed E-state index contributed by atoms with van der Waals surface area (Å²) in [6.45, 7) is 0.298. The zero-order chi connectivity index (χ0) is 20.0. The van der Waals surface area contributed by atoms with Crippen molar-refractivity contribution in [3.05, 3.63) is 75.6 Å². The van der Waals surface area contributed by atoms with Gasteiger partial charge in [0.15, 0.2) is 11.4 Å². The second kappa shape index (κ2) is 7.17. The first kappa shape index (κ1) is 18.1. The SMILES string of the molecule is COCc1nn2cc3c(nc2c1-c1ccc(F)cc1)CC(c1cccs1)CC3=O. The summed E-state index contributed by atoms with van der Waals surface area (Å²) in [5.41, 5.74) is 4.40. The molecule has 3 aromatic heterocycles. The highest BCUT2D eigenvalue weighted by molar-refractivity contribution is 7.10. The molecule has 0 fully saturated rings. The first-order valence-electron chi connectivity index (χ1n) is 9.36. The van der Waals surface area contributed by atoms with Crippen LogP contribution in [-0.2, 0) is 17.8 Å². The summed E-state index contributed by atoms with van der Waals surface area (Å²) >= 11 is 1.67. The van der Waals surface area contributed by atoms with Crippen LogP contribution in [-0.4, -0.2) is 27.5 Å². The smallest absolute Gasteiger partial charge is 0.166 e. The monoisotopic (exact) mass is 407 g/mol. The number of Topliss-reactive ketones (excluding diaryl/α,β-unsaturated/α-hetero) is 1. The van der Waals surface area contributed by atoms with Crippen molar-refractivity contribution in [2.45, 2.75) is 25.4 Å².